The Morgan fingerprint density at radius 3 is 2.65 bits per heavy atom. The van der Waals surface area contributed by atoms with Crippen LogP contribution in [0, 0.1) is 6.92 Å². The standard InChI is InChI=1S/C15H24N2O3/c1-4-5-8-16-15(18)17-9-10-20-13-7-6-12(2)11-14(13)19-3/h6-7,11H,4-5,8-10H2,1-3H3,(H2,16,17,18). The second-order valence-corrected chi connectivity index (χ2v) is 4.54. The van der Waals surface area contributed by atoms with Gasteiger partial charge < -0.3 is 20.1 Å². The van der Waals surface area contributed by atoms with E-state index in [9.17, 15) is 4.79 Å². The number of carbonyl (C=O) groups is 1. The first-order chi connectivity index (χ1) is 9.67. The number of unbranched alkanes of at least 4 members (excludes halogenated alkanes) is 1. The van der Waals surface area contributed by atoms with Gasteiger partial charge in [-0.25, -0.2) is 4.79 Å². The van der Waals surface area contributed by atoms with Gasteiger partial charge in [-0.3, -0.25) is 0 Å². The number of carbonyl (C=O) groups excluding carboxylic acids is 1. The number of methoxy groups -OCH3 is 1. The fourth-order valence-corrected chi connectivity index (χ4v) is 1.66. The van der Waals surface area contributed by atoms with E-state index in [1.807, 2.05) is 25.1 Å². The fraction of sp³-hybridized carbons (Fsp3) is 0.533. The first kappa shape index (κ1) is 16.1. The van der Waals surface area contributed by atoms with Gasteiger partial charge in [-0.05, 0) is 31.0 Å². The minimum atomic E-state index is -0.155. The minimum Gasteiger partial charge on any atom is -0.493 e. The molecule has 1 aromatic rings. The molecule has 0 radical (unpaired) electrons. The molecule has 5 nitrogen and oxygen atoms in total. The Kier molecular flexibility index (Phi) is 7.32. The Bertz CT molecular complexity index is 422. The Morgan fingerprint density at radius 1 is 1.20 bits per heavy atom. The molecule has 0 saturated heterocycles. The van der Waals surface area contributed by atoms with Crippen LogP contribution in [0.25, 0.3) is 0 Å². The first-order valence-electron chi connectivity index (χ1n) is 6.96. The summed E-state index contributed by atoms with van der Waals surface area (Å²) in [4.78, 5) is 11.4. The van der Waals surface area contributed by atoms with E-state index in [0.717, 1.165) is 18.4 Å². The number of aryl methyl sites for hydroxylation is 1. The molecule has 112 valence electrons. The van der Waals surface area contributed by atoms with Crippen LogP contribution < -0.4 is 20.1 Å². The van der Waals surface area contributed by atoms with Gasteiger partial charge in [0.1, 0.15) is 6.61 Å². The average Bonchev–Trinajstić information content (AvgIpc) is 2.45. The number of ether oxygens (including phenoxy) is 2. The predicted octanol–water partition coefficient (Wildman–Crippen LogP) is 2.48. The molecule has 2 N–H and O–H groups in total. The minimum absolute atomic E-state index is 0.155. The Labute approximate surface area is 120 Å². The first-order valence-corrected chi connectivity index (χ1v) is 6.96. The molecule has 5 heteroatoms. The van der Waals surface area contributed by atoms with Crippen LogP contribution >= 0.6 is 0 Å². The van der Waals surface area contributed by atoms with Crippen molar-refractivity contribution in [1.82, 2.24) is 10.6 Å². The molecular weight excluding hydrogens is 256 g/mol. The van der Waals surface area contributed by atoms with Gasteiger partial charge in [-0.1, -0.05) is 19.4 Å². The highest BCUT2D eigenvalue weighted by molar-refractivity contribution is 5.73. The van der Waals surface area contributed by atoms with Gasteiger partial charge in [0.25, 0.3) is 0 Å². The Morgan fingerprint density at radius 2 is 1.95 bits per heavy atom. The van der Waals surface area contributed by atoms with E-state index >= 15 is 0 Å². The summed E-state index contributed by atoms with van der Waals surface area (Å²) in [5.41, 5.74) is 1.11. The van der Waals surface area contributed by atoms with E-state index < -0.39 is 0 Å². The topological polar surface area (TPSA) is 59.6 Å². The largest absolute Gasteiger partial charge is 0.493 e. The van der Waals surface area contributed by atoms with Crippen LogP contribution in [-0.2, 0) is 0 Å². The van der Waals surface area contributed by atoms with Crippen molar-refractivity contribution in [3.8, 4) is 11.5 Å². The zero-order chi connectivity index (χ0) is 14.8. The maximum Gasteiger partial charge on any atom is 0.314 e. The van der Waals surface area contributed by atoms with Crippen LogP contribution in [0.2, 0.25) is 0 Å². The molecular formula is C15H24N2O3. The summed E-state index contributed by atoms with van der Waals surface area (Å²) >= 11 is 0. The lowest BCUT2D eigenvalue weighted by Gasteiger charge is -2.12. The summed E-state index contributed by atoms with van der Waals surface area (Å²) in [5.74, 6) is 1.39. The van der Waals surface area contributed by atoms with Crippen LogP contribution in [0.3, 0.4) is 0 Å². The molecule has 2 amide bonds. The van der Waals surface area contributed by atoms with E-state index in [2.05, 4.69) is 17.6 Å². The van der Waals surface area contributed by atoms with Gasteiger partial charge in [0.05, 0.1) is 13.7 Å². The Hall–Kier alpha value is -1.91. The van der Waals surface area contributed by atoms with E-state index in [0.29, 0.717) is 31.2 Å². The van der Waals surface area contributed by atoms with Gasteiger partial charge >= 0.3 is 6.03 Å². The van der Waals surface area contributed by atoms with Gasteiger partial charge in [0.2, 0.25) is 0 Å². The summed E-state index contributed by atoms with van der Waals surface area (Å²) in [5, 5.41) is 5.53. The maximum atomic E-state index is 11.4. The number of benzene rings is 1. The summed E-state index contributed by atoms with van der Waals surface area (Å²) < 4.78 is 10.8. The summed E-state index contributed by atoms with van der Waals surface area (Å²) in [6.45, 7) is 5.64. The van der Waals surface area contributed by atoms with E-state index in [4.69, 9.17) is 9.47 Å². The van der Waals surface area contributed by atoms with Gasteiger partial charge in [0, 0.05) is 6.54 Å². The maximum absolute atomic E-state index is 11.4. The lowest BCUT2D eigenvalue weighted by atomic mass is 10.2. The molecule has 1 aromatic carbocycles. The quantitative estimate of drug-likeness (QED) is 0.719. The highest BCUT2D eigenvalue weighted by atomic mass is 16.5. The third kappa shape index (κ3) is 5.82. The smallest absolute Gasteiger partial charge is 0.314 e. The van der Waals surface area contributed by atoms with Gasteiger partial charge in [-0.15, -0.1) is 0 Å². The lowest BCUT2D eigenvalue weighted by molar-refractivity contribution is 0.235. The molecule has 0 aliphatic heterocycles. The molecule has 0 bridgehead atoms. The third-order valence-corrected chi connectivity index (χ3v) is 2.78. The summed E-state index contributed by atoms with van der Waals surface area (Å²) in [7, 11) is 1.61. The molecule has 0 heterocycles. The second-order valence-electron chi connectivity index (χ2n) is 4.54. The van der Waals surface area contributed by atoms with Crippen LogP contribution in [-0.4, -0.2) is 32.8 Å². The normalized spacial score (nSPS) is 9.95. The van der Waals surface area contributed by atoms with E-state index in [-0.39, 0.29) is 6.03 Å². The number of hydrogen-bond acceptors (Lipinski definition) is 3. The zero-order valence-corrected chi connectivity index (χ0v) is 12.5. The molecule has 0 unspecified atom stereocenters. The zero-order valence-electron chi connectivity index (χ0n) is 12.5. The van der Waals surface area contributed by atoms with Crippen molar-refractivity contribution in [3.63, 3.8) is 0 Å². The fourth-order valence-electron chi connectivity index (χ4n) is 1.66. The SMILES string of the molecule is CCCCNC(=O)NCCOc1ccc(C)cc1OC. The molecule has 0 fully saturated rings. The van der Waals surface area contributed by atoms with Crippen molar-refractivity contribution in [2.75, 3.05) is 26.8 Å². The van der Waals surface area contributed by atoms with Crippen molar-refractivity contribution in [1.29, 1.82) is 0 Å². The number of nitrogens with one attached hydrogen (secondary N) is 2. The molecule has 20 heavy (non-hydrogen) atoms. The lowest BCUT2D eigenvalue weighted by Crippen LogP contribution is -2.38. The van der Waals surface area contributed by atoms with Crippen LogP contribution in [0.15, 0.2) is 18.2 Å². The second kappa shape index (κ2) is 9.07. The third-order valence-electron chi connectivity index (χ3n) is 2.78. The van der Waals surface area contributed by atoms with Crippen molar-refractivity contribution in [3.05, 3.63) is 23.8 Å². The van der Waals surface area contributed by atoms with E-state index in [1.54, 1.807) is 7.11 Å². The Balaban J connectivity index is 2.25. The molecule has 0 atom stereocenters. The van der Waals surface area contributed by atoms with Crippen molar-refractivity contribution >= 4 is 6.03 Å². The number of rotatable bonds is 8. The van der Waals surface area contributed by atoms with Crippen molar-refractivity contribution < 1.29 is 14.3 Å². The molecule has 0 spiro atoms. The average molecular weight is 280 g/mol. The molecule has 0 aliphatic carbocycles. The predicted molar refractivity (Wildman–Crippen MR) is 79.5 cm³/mol. The molecule has 0 saturated carbocycles. The van der Waals surface area contributed by atoms with Crippen LogP contribution in [0.1, 0.15) is 25.3 Å². The van der Waals surface area contributed by atoms with Crippen molar-refractivity contribution in [2.45, 2.75) is 26.7 Å². The molecule has 1 rings (SSSR count). The van der Waals surface area contributed by atoms with Crippen LogP contribution in [0.4, 0.5) is 4.79 Å². The highest BCUT2D eigenvalue weighted by Gasteiger charge is 2.04. The molecule has 0 aliphatic rings. The molecule has 0 aromatic heterocycles. The number of amides is 2. The summed E-state index contributed by atoms with van der Waals surface area (Å²) in [6.07, 6.45) is 2.06. The van der Waals surface area contributed by atoms with Crippen LogP contribution in [0.5, 0.6) is 11.5 Å². The highest BCUT2D eigenvalue weighted by Crippen LogP contribution is 2.27. The number of urea groups is 1. The number of hydrogen-bond donors (Lipinski definition) is 2. The van der Waals surface area contributed by atoms with Gasteiger partial charge in [0.15, 0.2) is 11.5 Å². The summed E-state index contributed by atoms with van der Waals surface area (Å²) in [6, 6.07) is 5.59. The monoisotopic (exact) mass is 280 g/mol. The van der Waals surface area contributed by atoms with Gasteiger partial charge in [-0.2, -0.15) is 0 Å². The van der Waals surface area contributed by atoms with Crippen molar-refractivity contribution in [2.24, 2.45) is 0 Å². The van der Waals surface area contributed by atoms with E-state index in [1.165, 1.54) is 0 Å².